The highest BCUT2D eigenvalue weighted by Gasteiger charge is 2.91. The maximum Gasteiger partial charge on any atom is 0.338 e. The first-order valence-electron chi connectivity index (χ1n) is 23.4. The number of piperidine rings is 1. The van der Waals surface area contributed by atoms with E-state index in [1.807, 2.05) is 6.07 Å². The zero-order valence-electron chi connectivity index (χ0n) is 37.4. The van der Waals surface area contributed by atoms with E-state index in [4.69, 9.17) is 28.4 Å². The van der Waals surface area contributed by atoms with Crippen LogP contribution in [0, 0.1) is 34.5 Å². The first-order chi connectivity index (χ1) is 29.1. The van der Waals surface area contributed by atoms with E-state index in [1.165, 1.54) is 45.6 Å². The molecule has 0 unspecified atom stereocenters. The predicted octanol–water partition coefficient (Wildman–Crippen LogP) is 7.30. The van der Waals surface area contributed by atoms with E-state index in [0.29, 0.717) is 18.6 Å². The monoisotopic (exact) mass is 838 g/mol. The lowest BCUT2D eigenvalue weighted by Gasteiger charge is -2.69. The van der Waals surface area contributed by atoms with Crippen LogP contribution in [0.15, 0.2) is 42.5 Å². The molecule has 5 saturated carbocycles. The van der Waals surface area contributed by atoms with Gasteiger partial charge < -0.3 is 43.5 Å². The molecule has 0 radical (unpaired) electrons. The molecule has 6 aliphatic rings. The Hall–Kier alpha value is -2.38. The first-order valence-corrected chi connectivity index (χ1v) is 23.4. The highest BCUT2D eigenvalue weighted by atomic mass is 16.6. The summed E-state index contributed by atoms with van der Waals surface area (Å²) >= 11 is 0. The van der Waals surface area contributed by atoms with Crippen LogP contribution in [0.5, 0.6) is 0 Å². The number of likely N-dealkylation sites (tertiary alicyclic amines) is 1. The summed E-state index contributed by atoms with van der Waals surface area (Å²) in [5.74, 6) is -2.82. The fraction of sp³-hybridized carbons (Fsp3) is 0.796. The molecule has 0 amide bonds. The summed E-state index contributed by atoms with van der Waals surface area (Å²) in [6, 6.07) is 8.51. The number of methoxy groups -OCH3 is 4. The van der Waals surface area contributed by atoms with E-state index >= 15 is 0 Å². The van der Waals surface area contributed by atoms with E-state index in [-0.39, 0.29) is 36.3 Å². The smallest absolute Gasteiger partial charge is 0.338 e. The lowest BCUT2D eigenvalue weighted by Crippen LogP contribution is -2.80. The summed E-state index contributed by atoms with van der Waals surface area (Å²) in [5.41, 5.74) is -3.99. The predicted molar refractivity (Wildman–Crippen MR) is 228 cm³/mol. The summed E-state index contributed by atoms with van der Waals surface area (Å²) in [7, 11) is 8.81. The molecule has 1 spiro atoms. The molecule has 1 aromatic rings. The average Bonchev–Trinajstić information content (AvgIpc) is 3.64. The van der Waals surface area contributed by atoms with Crippen LogP contribution in [-0.2, 0) is 33.2 Å². The third-order valence-corrected chi connectivity index (χ3v) is 16.4. The van der Waals surface area contributed by atoms with Crippen LogP contribution in [0.3, 0.4) is 0 Å². The van der Waals surface area contributed by atoms with E-state index in [2.05, 4.69) is 31.0 Å². The van der Waals surface area contributed by atoms with Crippen LogP contribution in [0.2, 0.25) is 0 Å². The molecule has 1 aromatic carbocycles. The number of hydrogen-bond donors (Lipinski definition) is 2. The first kappa shape index (κ1) is 45.6. The van der Waals surface area contributed by atoms with Gasteiger partial charge in [-0.3, -0.25) is 4.79 Å². The standard InChI is InChI=1S/C49H75NO10/c1-7-8-9-10-11-12-13-14-15-16-17-18-19-20-24-27-36(51)60-49-37-34(30-47(54,44(58-6)42(49)52)43(37)59-45(53)33-25-22-21-23-26-33)48-35(56-4)28-29-46(32-55-3)31-50(2)41(48)38(49)39(57-5)40(46)48/h14-15,21-23,25-26,34-35,37-44,52,54H,7-13,16-20,24,27-32H2,1-6H3/b15-14-/t34-,35+,37-,38+,39+,40-,41-,42+,43-,44+,46+,47+,48+,49-/m1/s1. The Kier molecular flexibility index (Phi) is 14.6. The third-order valence-electron chi connectivity index (χ3n) is 16.4. The quantitative estimate of drug-likeness (QED) is 0.0654. The number of carbonyl (C=O) groups excluding carboxylic acids is 2. The number of fused-ring (bicyclic) bond motifs is 2. The van der Waals surface area contributed by atoms with Gasteiger partial charge in [-0.2, -0.15) is 0 Å². The van der Waals surface area contributed by atoms with Gasteiger partial charge in [0.1, 0.15) is 23.9 Å². The van der Waals surface area contributed by atoms with Crippen molar-refractivity contribution in [2.24, 2.45) is 34.5 Å². The van der Waals surface area contributed by atoms with Crippen LogP contribution in [-0.4, -0.2) is 123 Å². The number of allylic oxidation sites excluding steroid dienone is 2. The minimum atomic E-state index is -1.78. The molecule has 0 aromatic heterocycles. The molecule has 1 heterocycles. The highest BCUT2D eigenvalue weighted by molar-refractivity contribution is 5.89. The van der Waals surface area contributed by atoms with Crippen molar-refractivity contribution < 1.29 is 48.2 Å². The number of rotatable bonds is 23. The Morgan fingerprint density at radius 1 is 0.850 bits per heavy atom. The molecule has 7 bridgehead atoms. The van der Waals surface area contributed by atoms with Crippen LogP contribution in [0.4, 0.5) is 0 Å². The Morgan fingerprint density at radius 2 is 1.52 bits per heavy atom. The maximum atomic E-state index is 14.5. The van der Waals surface area contributed by atoms with Crippen molar-refractivity contribution >= 4 is 11.9 Å². The number of hydrogen-bond acceptors (Lipinski definition) is 11. The molecule has 7 rings (SSSR count). The fourth-order valence-electron chi connectivity index (χ4n) is 14.6. The third kappa shape index (κ3) is 7.41. The minimum absolute atomic E-state index is 0.113. The van der Waals surface area contributed by atoms with E-state index < -0.39 is 70.7 Å². The van der Waals surface area contributed by atoms with Crippen LogP contribution in [0.25, 0.3) is 0 Å². The molecule has 11 heteroatoms. The van der Waals surface area contributed by atoms with Gasteiger partial charge in [-0.15, -0.1) is 0 Å². The molecule has 2 N–H and O–H groups in total. The number of nitrogens with zero attached hydrogens (tertiary/aromatic N) is 1. The molecular formula is C49H75NO10. The Labute approximate surface area is 359 Å². The molecule has 5 aliphatic carbocycles. The number of aliphatic hydroxyl groups excluding tert-OH is 1. The molecule has 6 fully saturated rings. The second-order valence-electron chi connectivity index (χ2n) is 19.4. The summed E-state index contributed by atoms with van der Waals surface area (Å²) in [6.07, 6.45) is 17.1. The largest absolute Gasteiger partial charge is 0.455 e. The van der Waals surface area contributed by atoms with Crippen molar-refractivity contribution in [2.75, 3.05) is 48.6 Å². The van der Waals surface area contributed by atoms with Crippen molar-refractivity contribution in [2.45, 2.75) is 164 Å². The lowest BCUT2D eigenvalue weighted by atomic mass is 9.43. The van der Waals surface area contributed by atoms with Gasteiger partial charge in [0.2, 0.25) is 0 Å². The van der Waals surface area contributed by atoms with Gasteiger partial charge in [0.05, 0.1) is 24.4 Å². The van der Waals surface area contributed by atoms with Crippen molar-refractivity contribution in [3.05, 3.63) is 48.0 Å². The van der Waals surface area contributed by atoms with Crippen LogP contribution >= 0.6 is 0 Å². The number of esters is 2. The topological polar surface area (TPSA) is 133 Å². The average molecular weight is 838 g/mol. The number of carbonyl (C=O) groups is 2. The fourth-order valence-corrected chi connectivity index (χ4v) is 14.6. The number of unbranched alkanes of at least 4 members (excludes halogenated alkanes) is 11. The van der Waals surface area contributed by atoms with Gasteiger partial charge in [0.15, 0.2) is 5.60 Å². The van der Waals surface area contributed by atoms with Gasteiger partial charge in [-0.1, -0.05) is 88.6 Å². The van der Waals surface area contributed by atoms with Crippen molar-refractivity contribution in [3.8, 4) is 0 Å². The molecule has 336 valence electrons. The summed E-state index contributed by atoms with van der Waals surface area (Å²) < 4.78 is 38.8. The van der Waals surface area contributed by atoms with Gasteiger partial charge in [0, 0.05) is 76.0 Å². The molecular weight excluding hydrogens is 763 g/mol. The number of aliphatic hydroxyl groups is 2. The second-order valence-corrected chi connectivity index (χ2v) is 19.4. The molecule has 11 nitrogen and oxygen atoms in total. The van der Waals surface area contributed by atoms with E-state index in [9.17, 15) is 19.8 Å². The van der Waals surface area contributed by atoms with Crippen molar-refractivity contribution in [1.82, 2.24) is 4.90 Å². The lowest BCUT2D eigenvalue weighted by molar-refractivity contribution is -0.317. The van der Waals surface area contributed by atoms with Crippen LogP contribution < -0.4 is 0 Å². The normalized spacial score (nSPS) is 39.9. The summed E-state index contributed by atoms with van der Waals surface area (Å²) in [5, 5.41) is 26.0. The number of benzene rings is 1. The van der Waals surface area contributed by atoms with Crippen molar-refractivity contribution in [3.63, 3.8) is 0 Å². The van der Waals surface area contributed by atoms with Gasteiger partial charge in [0.25, 0.3) is 0 Å². The zero-order chi connectivity index (χ0) is 42.7. The van der Waals surface area contributed by atoms with E-state index in [1.54, 1.807) is 45.6 Å². The van der Waals surface area contributed by atoms with Crippen LogP contribution in [0.1, 0.15) is 126 Å². The molecule has 14 atom stereocenters. The Bertz CT molecular complexity index is 1630. The maximum absolute atomic E-state index is 14.5. The SMILES string of the molecule is CCCCCCCC/C=C\CCCCCCCC(=O)O[C@]12[C@H]3[C@@H](OC(=O)c4ccccc4)[C@@](O)(C[C@H]3[C@@]34[C@@H](OC)CC[C@@]5(COC)CN(C)[C@@H]3[C@@H]1[C@H](OC)[C@H]54)[C@@H](OC)[C@@H]2O. The number of ether oxygens (including phenoxy) is 6. The second kappa shape index (κ2) is 19.2. The van der Waals surface area contributed by atoms with Gasteiger partial charge in [-0.05, 0) is 76.5 Å². The zero-order valence-corrected chi connectivity index (χ0v) is 37.4. The highest BCUT2D eigenvalue weighted by Crippen LogP contribution is 2.80. The van der Waals surface area contributed by atoms with E-state index in [0.717, 1.165) is 57.9 Å². The minimum Gasteiger partial charge on any atom is -0.455 e. The molecule has 1 saturated heterocycles. The molecule has 1 aliphatic heterocycles. The van der Waals surface area contributed by atoms with Crippen molar-refractivity contribution in [1.29, 1.82) is 0 Å². The summed E-state index contributed by atoms with van der Waals surface area (Å²) in [4.78, 5) is 30.9. The Balaban J connectivity index is 1.16. The molecule has 60 heavy (non-hydrogen) atoms. The van der Waals surface area contributed by atoms with Gasteiger partial charge >= 0.3 is 11.9 Å². The Morgan fingerprint density at radius 3 is 2.15 bits per heavy atom. The van der Waals surface area contributed by atoms with Gasteiger partial charge in [-0.25, -0.2) is 4.79 Å². The summed E-state index contributed by atoms with van der Waals surface area (Å²) in [6.45, 7) is 3.49.